The summed E-state index contributed by atoms with van der Waals surface area (Å²) in [4.78, 5) is 18.3. The molecule has 5 nitrogen and oxygen atoms in total. The quantitative estimate of drug-likeness (QED) is 0.708. The number of aryl methyl sites for hydroxylation is 1. The van der Waals surface area contributed by atoms with Gasteiger partial charge < -0.3 is 9.97 Å². The molecule has 0 aliphatic carbocycles. The summed E-state index contributed by atoms with van der Waals surface area (Å²) in [7, 11) is 0. The van der Waals surface area contributed by atoms with Gasteiger partial charge in [-0.05, 0) is 18.6 Å². The molecule has 2 aromatic heterocycles. The van der Waals surface area contributed by atoms with Gasteiger partial charge in [0.15, 0.2) is 0 Å². The van der Waals surface area contributed by atoms with E-state index < -0.39 is 0 Å². The average molecular weight is 353 g/mol. The van der Waals surface area contributed by atoms with Gasteiger partial charge in [0.1, 0.15) is 17.5 Å². The van der Waals surface area contributed by atoms with Gasteiger partial charge in [0, 0.05) is 49.9 Å². The molecule has 26 heavy (non-hydrogen) atoms. The minimum Gasteiger partial charge on any atom is -0.345 e. The molecule has 0 saturated carbocycles. The maximum atomic E-state index is 13.5. The van der Waals surface area contributed by atoms with Gasteiger partial charge in [0.2, 0.25) is 0 Å². The maximum Gasteiger partial charge on any atom is 0.137 e. The molecule has 0 radical (unpaired) electrons. The fourth-order valence-electron chi connectivity index (χ4n) is 3.46. The summed E-state index contributed by atoms with van der Waals surface area (Å²) in [6, 6.07) is 6.57. The van der Waals surface area contributed by atoms with Crippen LogP contribution in [0.25, 0.3) is 11.4 Å². The van der Waals surface area contributed by atoms with Crippen molar-refractivity contribution in [3.8, 4) is 11.4 Å². The first-order chi connectivity index (χ1) is 12.7. The molecule has 0 saturated heterocycles. The monoisotopic (exact) mass is 353 g/mol. The molecule has 4 rings (SSSR count). The van der Waals surface area contributed by atoms with Crippen molar-refractivity contribution in [3.05, 3.63) is 59.2 Å². The van der Waals surface area contributed by atoms with Gasteiger partial charge >= 0.3 is 0 Å². The van der Waals surface area contributed by atoms with E-state index in [1.54, 1.807) is 6.07 Å². The van der Waals surface area contributed by atoms with E-state index in [1.807, 2.05) is 12.3 Å². The number of benzene rings is 1. The Morgan fingerprint density at radius 2 is 2.19 bits per heavy atom. The Labute approximate surface area is 152 Å². The molecule has 1 aromatic carbocycles. The molecule has 0 fully saturated rings. The first kappa shape index (κ1) is 17.0. The molecular weight excluding hydrogens is 329 g/mol. The second-order valence-electron chi connectivity index (χ2n) is 6.94. The number of fused-ring (bicyclic) bond motifs is 1. The van der Waals surface area contributed by atoms with Gasteiger partial charge in [0.05, 0.1) is 11.4 Å². The van der Waals surface area contributed by atoms with Gasteiger partial charge in [-0.1, -0.05) is 25.5 Å². The van der Waals surface area contributed by atoms with Crippen molar-refractivity contribution in [1.29, 1.82) is 0 Å². The Kier molecular flexibility index (Phi) is 4.84. The first-order valence-electron chi connectivity index (χ1n) is 9.30. The van der Waals surface area contributed by atoms with Crippen molar-refractivity contribution in [2.45, 2.75) is 45.7 Å². The number of H-pyrrole nitrogens is 2. The molecular formula is C20H24FN5. The normalized spacial score (nSPS) is 14.5. The van der Waals surface area contributed by atoms with Crippen LogP contribution in [-0.2, 0) is 25.9 Å². The van der Waals surface area contributed by atoms with Crippen LogP contribution in [0.4, 0.5) is 4.39 Å². The molecule has 0 atom stereocenters. The molecule has 0 bridgehead atoms. The number of imidazole rings is 2. The van der Waals surface area contributed by atoms with Gasteiger partial charge in [-0.3, -0.25) is 4.90 Å². The third-order valence-electron chi connectivity index (χ3n) is 4.85. The Balaban J connectivity index is 1.44. The molecule has 136 valence electrons. The summed E-state index contributed by atoms with van der Waals surface area (Å²) < 4.78 is 13.5. The number of hydrogen-bond acceptors (Lipinski definition) is 3. The van der Waals surface area contributed by atoms with Crippen molar-refractivity contribution < 1.29 is 4.39 Å². The maximum absolute atomic E-state index is 13.5. The van der Waals surface area contributed by atoms with E-state index in [4.69, 9.17) is 0 Å². The van der Waals surface area contributed by atoms with Crippen molar-refractivity contribution >= 4 is 0 Å². The van der Waals surface area contributed by atoms with Crippen LogP contribution < -0.4 is 0 Å². The minimum atomic E-state index is -0.239. The van der Waals surface area contributed by atoms with Crippen LogP contribution in [0.1, 0.15) is 42.7 Å². The summed E-state index contributed by atoms with van der Waals surface area (Å²) in [5, 5.41) is 0. The zero-order chi connectivity index (χ0) is 17.9. The number of hydrogen-bond donors (Lipinski definition) is 2. The van der Waals surface area contributed by atoms with Gasteiger partial charge in [-0.25, -0.2) is 14.4 Å². The number of aromatic amines is 2. The van der Waals surface area contributed by atoms with E-state index in [2.05, 4.69) is 31.8 Å². The fraction of sp³-hybridized carbons (Fsp3) is 0.400. The number of nitrogens with zero attached hydrogens (tertiary/aromatic N) is 3. The molecule has 0 spiro atoms. The van der Waals surface area contributed by atoms with Crippen LogP contribution in [0.2, 0.25) is 0 Å². The summed E-state index contributed by atoms with van der Waals surface area (Å²) in [6.07, 6.45) is 6.21. The summed E-state index contributed by atoms with van der Waals surface area (Å²) in [5.41, 5.74) is 4.17. The van der Waals surface area contributed by atoms with Crippen LogP contribution in [0.3, 0.4) is 0 Å². The predicted octanol–water partition coefficient (Wildman–Crippen LogP) is 3.84. The first-order valence-corrected chi connectivity index (χ1v) is 9.30. The van der Waals surface area contributed by atoms with Crippen molar-refractivity contribution in [2.24, 2.45) is 0 Å². The standard InChI is InChI=1S/C20H24FN5/c1-2-3-7-19-22-11-16(23-19)12-26-9-8-17-18(13-26)25-20(24-17)14-5-4-6-15(21)10-14/h4-6,10-11H,2-3,7-9,12-13H2,1H3,(H,22,23)(H,24,25). The van der Waals surface area contributed by atoms with Gasteiger partial charge in [0.25, 0.3) is 0 Å². The Morgan fingerprint density at radius 1 is 1.27 bits per heavy atom. The topological polar surface area (TPSA) is 60.6 Å². The molecule has 1 aliphatic rings. The van der Waals surface area contributed by atoms with Crippen LogP contribution >= 0.6 is 0 Å². The number of aromatic nitrogens is 4. The number of nitrogens with one attached hydrogen (secondary N) is 2. The second kappa shape index (κ2) is 7.41. The highest BCUT2D eigenvalue weighted by Crippen LogP contribution is 2.24. The van der Waals surface area contributed by atoms with Gasteiger partial charge in [-0.2, -0.15) is 0 Å². The molecule has 1 aliphatic heterocycles. The van der Waals surface area contributed by atoms with Crippen molar-refractivity contribution in [3.63, 3.8) is 0 Å². The van der Waals surface area contributed by atoms with E-state index in [1.165, 1.54) is 18.6 Å². The SMILES string of the molecule is CCCCc1ncc(CN2CCc3nc(-c4cccc(F)c4)[nH]c3C2)[nH]1. The van der Waals surface area contributed by atoms with Crippen molar-refractivity contribution in [1.82, 2.24) is 24.8 Å². The lowest BCUT2D eigenvalue weighted by Gasteiger charge is -2.25. The Morgan fingerprint density at radius 3 is 3.04 bits per heavy atom. The molecule has 0 unspecified atom stereocenters. The van der Waals surface area contributed by atoms with E-state index >= 15 is 0 Å². The van der Waals surface area contributed by atoms with Crippen LogP contribution in [-0.4, -0.2) is 31.4 Å². The molecule has 0 amide bonds. The Bertz CT molecular complexity index is 882. The minimum absolute atomic E-state index is 0.239. The summed E-state index contributed by atoms with van der Waals surface area (Å²) in [6.45, 7) is 4.83. The lowest BCUT2D eigenvalue weighted by molar-refractivity contribution is 0.239. The molecule has 6 heteroatoms. The second-order valence-corrected chi connectivity index (χ2v) is 6.94. The third-order valence-corrected chi connectivity index (χ3v) is 4.85. The average Bonchev–Trinajstić information content (AvgIpc) is 3.26. The molecule has 3 aromatic rings. The highest BCUT2D eigenvalue weighted by molar-refractivity contribution is 5.56. The fourth-order valence-corrected chi connectivity index (χ4v) is 3.46. The van der Waals surface area contributed by atoms with E-state index in [9.17, 15) is 4.39 Å². The van der Waals surface area contributed by atoms with Crippen LogP contribution in [0.5, 0.6) is 0 Å². The van der Waals surface area contributed by atoms with Crippen LogP contribution in [0, 0.1) is 5.82 Å². The lowest BCUT2D eigenvalue weighted by Crippen LogP contribution is -2.30. The highest BCUT2D eigenvalue weighted by Gasteiger charge is 2.21. The van der Waals surface area contributed by atoms with E-state index in [-0.39, 0.29) is 5.82 Å². The molecule has 3 heterocycles. The Hall–Kier alpha value is -2.47. The largest absolute Gasteiger partial charge is 0.345 e. The highest BCUT2D eigenvalue weighted by atomic mass is 19.1. The number of unbranched alkanes of at least 4 members (excludes halogenated alkanes) is 1. The van der Waals surface area contributed by atoms with Gasteiger partial charge in [-0.15, -0.1) is 0 Å². The number of rotatable bonds is 6. The zero-order valence-electron chi connectivity index (χ0n) is 15.1. The number of halogens is 1. The molecule has 2 N–H and O–H groups in total. The zero-order valence-corrected chi connectivity index (χ0v) is 15.1. The third kappa shape index (κ3) is 3.70. The summed E-state index contributed by atoms with van der Waals surface area (Å²) >= 11 is 0. The van der Waals surface area contributed by atoms with Crippen molar-refractivity contribution in [2.75, 3.05) is 6.54 Å². The predicted molar refractivity (Wildman–Crippen MR) is 99.0 cm³/mol. The lowest BCUT2D eigenvalue weighted by atomic mass is 10.1. The van der Waals surface area contributed by atoms with E-state index in [0.29, 0.717) is 0 Å². The smallest absolute Gasteiger partial charge is 0.137 e. The summed E-state index contributed by atoms with van der Waals surface area (Å²) in [5.74, 6) is 1.59. The van der Waals surface area contributed by atoms with E-state index in [0.717, 1.165) is 73.2 Å². The van der Waals surface area contributed by atoms with Crippen LogP contribution in [0.15, 0.2) is 30.5 Å².